The van der Waals surface area contributed by atoms with Crippen molar-refractivity contribution < 1.29 is 34.2 Å². The summed E-state index contributed by atoms with van der Waals surface area (Å²) < 4.78 is 0. The summed E-state index contributed by atoms with van der Waals surface area (Å²) in [4.78, 5) is 66.0. The maximum atomic E-state index is 12.7. The van der Waals surface area contributed by atoms with Crippen molar-refractivity contribution >= 4 is 58.4 Å². The molecule has 2 amide bonds. The fourth-order valence-corrected chi connectivity index (χ4v) is 6.14. The van der Waals surface area contributed by atoms with Gasteiger partial charge in [-0.15, -0.1) is 23.2 Å². The summed E-state index contributed by atoms with van der Waals surface area (Å²) in [6.07, 6.45) is 0.168. The van der Waals surface area contributed by atoms with Crippen LogP contribution in [0.3, 0.4) is 0 Å². The number of rotatable bonds is 6. The Balaban J connectivity index is 0.000000217. The number of amides is 2. The zero-order valence-corrected chi connectivity index (χ0v) is 30.5. The van der Waals surface area contributed by atoms with Gasteiger partial charge in [0.25, 0.3) is 11.8 Å². The van der Waals surface area contributed by atoms with E-state index in [0.717, 1.165) is 44.0 Å². The van der Waals surface area contributed by atoms with E-state index in [1.165, 1.54) is 4.90 Å². The molecule has 2 N–H and O–H groups in total. The molecule has 0 saturated carbocycles. The number of carboxylic acid groups (broad SMARTS) is 2. The number of carbonyl (C=O) groups excluding carboxylic acids is 3. The molecule has 0 aliphatic carbocycles. The van der Waals surface area contributed by atoms with E-state index in [1.54, 1.807) is 31.3 Å². The third-order valence-corrected chi connectivity index (χ3v) is 8.89. The van der Waals surface area contributed by atoms with Crippen molar-refractivity contribution in [1.29, 1.82) is 0 Å². The first-order valence-electron chi connectivity index (χ1n) is 16.4. The van der Waals surface area contributed by atoms with Gasteiger partial charge in [-0.05, 0) is 71.5 Å². The molecule has 0 unspecified atom stereocenters. The number of hydrogen-bond acceptors (Lipinski definition) is 6. The van der Waals surface area contributed by atoms with E-state index in [0.29, 0.717) is 17.5 Å². The number of alkyl halides is 2. The molecule has 2 saturated heterocycles. The molecule has 0 spiro atoms. The molecule has 2 atom stereocenters. The number of carbonyl (C=O) groups is 5. The number of Topliss-reactive ketones (excluding diaryl/α,β-unsaturated/α-hetero) is 1. The lowest BCUT2D eigenvalue weighted by Gasteiger charge is -2.21. The van der Waals surface area contributed by atoms with Crippen molar-refractivity contribution in [2.75, 3.05) is 25.5 Å². The minimum atomic E-state index is -1.15. The van der Waals surface area contributed by atoms with Crippen LogP contribution in [0.4, 0.5) is 0 Å². The largest absolute Gasteiger partial charge is 0.480 e. The van der Waals surface area contributed by atoms with Crippen molar-refractivity contribution in [2.24, 2.45) is 4.99 Å². The number of nitrogens with zero attached hydrogens (tertiary/aromatic N) is 3. The van der Waals surface area contributed by atoms with Crippen LogP contribution in [0.2, 0.25) is 0 Å². The molecule has 6 rings (SSSR count). The van der Waals surface area contributed by atoms with Gasteiger partial charge in [0.15, 0.2) is 5.78 Å². The van der Waals surface area contributed by atoms with E-state index in [2.05, 4.69) is 4.99 Å². The van der Waals surface area contributed by atoms with Crippen LogP contribution in [-0.4, -0.2) is 92.8 Å². The summed E-state index contributed by atoms with van der Waals surface area (Å²) in [5.41, 5.74) is 8.11. The maximum absolute atomic E-state index is 12.7. The third kappa shape index (κ3) is 9.51. The number of aliphatic carboxylic acids is 2. The van der Waals surface area contributed by atoms with Crippen molar-refractivity contribution in [3.63, 3.8) is 0 Å². The number of aryl methyl sites for hydroxylation is 2. The Morgan fingerprint density at radius 2 is 1.04 bits per heavy atom. The number of halogens is 2. The summed E-state index contributed by atoms with van der Waals surface area (Å²) in [6.45, 7) is 4.19. The van der Waals surface area contributed by atoms with Gasteiger partial charge in [0.2, 0.25) is 0 Å². The van der Waals surface area contributed by atoms with Crippen LogP contribution in [-0.2, 0) is 14.4 Å². The first-order valence-corrected chi connectivity index (χ1v) is 17.4. The molecule has 2 fully saturated rings. The number of ketones is 1. The second-order valence-corrected chi connectivity index (χ2v) is 13.0. The van der Waals surface area contributed by atoms with Crippen molar-refractivity contribution in [3.05, 3.63) is 119 Å². The molecular weight excluding hydrogens is 705 g/mol. The van der Waals surface area contributed by atoms with Crippen LogP contribution >= 0.6 is 23.2 Å². The number of hydrogen-bond donors (Lipinski definition) is 2. The van der Waals surface area contributed by atoms with E-state index in [1.807, 2.05) is 86.6 Å². The second-order valence-electron chi connectivity index (χ2n) is 12.2. The monoisotopic (exact) mass is 743 g/mol. The highest BCUT2D eigenvalue weighted by atomic mass is 35.5. The standard InChI is InChI=1S/C20H20N2O3.C19H17NO4.CH2Cl2/c1-13-5-3-4-6-17(13)14-7-9-15(10-8-14)19(23)22-12-16(21-2)11-18(22)20(24)25;1-12-4-2-3-5-16(12)13-6-8-14(9-7-13)18(22)20-11-15(21)10-17(20)19(23)24;2-1-3/h3-10,18H,11-12H2,1-2H3,(H,24,25);2-9,17H,10-11H2,1H3,(H,23,24);1H2/t18-;17-;/m00./s1. The van der Waals surface area contributed by atoms with Crippen LogP contribution in [0.15, 0.2) is 102 Å². The molecule has 270 valence electrons. The van der Waals surface area contributed by atoms with Crippen LogP contribution in [0, 0.1) is 13.8 Å². The van der Waals surface area contributed by atoms with E-state index in [9.17, 15) is 34.2 Å². The Morgan fingerprint density at radius 1 is 0.654 bits per heavy atom. The summed E-state index contributed by atoms with van der Waals surface area (Å²) >= 11 is 9.53. The lowest BCUT2D eigenvalue weighted by molar-refractivity contribution is -0.142. The summed E-state index contributed by atoms with van der Waals surface area (Å²) in [5.74, 6) is -3.08. The summed E-state index contributed by atoms with van der Waals surface area (Å²) in [5, 5.41) is 18.7. The fraction of sp³-hybridized carbons (Fsp3) is 0.250. The van der Waals surface area contributed by atoms with Gasteiger partial charge in [-0.2, -0.15) is 0 Å². The summed E-state index contributed by atoms with van der Waals surface area (Å²) in [6, 6.07) is 28.4. The first kappa shape index (κ1) is 39.5. The van der Waals surface area contributed by atoms with E-state index < -0.39 is 29.9 Å². The predicted molar refractivity (Wildman–Crippen MR) is 202 cm³/mol. The molecular formula is C40H39Cl2N3O7. The average molecular weight is 745 g/mol. The topological polar surface area (TPSA) is 145 Å². The molecule has 4 aromatic rings. The fourth-order valence-electron chi connectivity index (χ4n) is 6.14. The first-order chi connectivity index (χ1) is 24.9. The second kappa shape index (κ2) is 18.3. The molecule has 2 heterocycles. The van der Waals surface area contributed by atoms with E-state index in [4.69, 9.17) is 23.2 Å². The number of carboxylic acids is 2. The zero-order chi connectivity index (χ0) is 37.9. The number of likely N-dealkylation sites (tertiary alicyclic amines) is 2. The Kier molecular flexibility index (Phi) is 13.9. The Hall–Kier alpha value is -5.32. The van der Waals surface area contributed by atoms with Gasteiger partial charge >= 0.3 is 11.9 Å². The van der Waals surface area contributed by atoms with Gasteiger partial charge in [0, 0.05) is 36.7 Å². The van der Waals surface area contributed by atoms with Gasteiger partial charge in [-0.3, -0.25) is 19.4 Å². The normalized spacial score (nSPS) is 17.2. The van der Waals surface area contributed by atoms with Crippen molar-refractivity contribution in [1.82, 2.24) is 9.80 Å². The quantitative estimate of drug-likeness (QED) is 0.203. The molecule has 4 aromatic carbocycles. The minimum absolute atomic E-state index is 0.123. The molecule has 0 radical (unpaired) electrons. The molecule has 10 nitrogen and oxygen atoms in total. The Bertz CT molecular complexity index is 1960. The predicted octanol–water partition coefficient (Wildman–Crippen LogP) is 6.98. The third-order valence-electron chi connectivity index (χ3n) is 8.89. The van der Waals surface area contributed by atoms with Crippen LogP contribution in [0.25, 0.3) is 22.3 Å². The minimum Gasteiger partial charge on any atom is -0.480 e. The summed E-state index contributed by atoms with van der Waals surface area (Å²) in [7, 11) is 1.62. The molecule has 52 heavy (non-hydrogen) atoms. The van der Waals surface area contributed by atoms with Gasteiger partial charge in [0.05, 0.1) is 18.4 Å². The van der Waals surface area contributed by atoms with Crippen molar-refractivity contribution in [3.8, 4) is 22.3 Å². The van der Waals surface area contributed by atoms with E-state index in [-0.39, 0.29) is 36.5 Å². The van der Waals surface area contributed by atoms with Gasteiger partial charge in [-0.25, -0.2) is 9.59 Å². The van der Waals surface area contributed by atoms with Crippen LogP contribution in [0.5, 0.6) is 0 Å². The van der Waals surface area contributed by atoms with Crippen LogP contribution in [0.1, 0.15) is 44.7 Å². The highest BCUT2D eigenvalue weighted by molar-refractivity contribution is 6.40. The maximum Gasteiger partial charge on any atom is 0.326 e. The van der Waals surface area contributed by atoms with Gasteiger partial charge < -0.3 is 20.0 Å². The molecule has 2 aliphatic heterocycles. The Morgan fingerprint density at radius 3 is 1.42 bits per heavy atom. The number of aliphatic imine (C=N–C) groups is 1. The van der Waals surface area contributed by atoms with E-state index >= 15 is 0 Å². The molecule has 12 heteroatoms. The smallest absolute Gasteiger partial charge is 0.326 e. The molecule has 0 bridgehead atoms. The highest BCUT2D eigenvalue weighted by Gasteiger charge is 2.39. The molecule has 0 aromatic heterocycles. The number of benzene rings is 4. The highest BCUT2D eigenvalue weighted by Crippen LogP contribution is 2.27. The molecule has 2 aliphatic rings. The Labute approximate surface area is 312 Å². The van der Waals surface area contributed by atoms with Gasteiger partial charge in [0.1, 0.15) is 12.1 Å². The van der Waals surface area contributed by atoms with Crippen molar-refractivity contribution in [2.45, 2.75) is 38.8 Å². The SMILES string of the molecule is CN=C1C[C@@H](C(=O)O)N(C(=O)c2ccc(-c3ccccc3C)cc2)C1.Cc1ccccc1-c1ccc(C(=O)N2CC(=O)C[C@H]2C(=O)O)cc1.ClCCl. The average Bonchev–Trinajstić information content (AvgIpc) is 3.77. The zero-order valence-electron chi connectivity index (χ0n) is 29.0. The lowest BCUT2D eigenvalue weighted by Crippen LogP contribution is -2.40. The van der Waals surface area contributed by atoms with Crippen LogP contribution < -0.4 is 0 Å². The van der Waals surface area contributed by atoms with Gasteiger partial charge in [-0.1, -0.05) is 72.8 Å². The lowest BCUT2D eigenvalue weighted by atomic mass is 9.99.